The lowest BCUT2D eigenvalue weighted by Gasteiger charge is -2.08. The Hall–Kier alpha value is -1.79. The van der Waals surface area contributed by atoms with Crippen molar-refractivity contribution in [2.24, 2.45) is 0 Å². The number of halogens is 3. The standard InChI is InChI=1S/C12H14F3N3O/c1-4-8-7(3)17-18-10(8)16-6(2)9(11(18)19)5-12(13,14)15/h17H,4-5H2,1-3H3. The van der Waals surface area contributed by atoms with Crippen LogP contribution in [0.5, 0.6) is 0 Å². The van der Waals surface area contributed by atoms with Crippen molar-refractivity contribution in [2.45, 2.75) is 39.8 Å². The predicted octanol–water partition coefficient (Wildman–Crippen LogP) is 2.31. The Bertz CT molecular complexity index is 682. The van der Waals surface area contributed by atoms with E-state index >= 15 is 0 Å². The van der Waals surface area contributed by atoms with E-state index in [9.17, 15) is 18.0 Å². The number of fused-ring (bicyclic) bond motifs is 1. The van der Waals surface area contributed by atoms with E-state index in [0.717, 1.165) is 15.8 Å². The van der Waals surface area contributed by atoms with Crippen LogP contribution >= 0.6 is 0 Å². The van der Waals surface area contributed by atoms with Crippen molar-refractivity contribution in [3.8, 4) is 0 Å². The molecular weight excluding hydrogens is 259 g/mol. The molecule has 0 aliphatic carbocycles. The molecule has 2 heterocycles. The average molecular weight is 273 g/mol. The molecule has 0 spiro atoms. The second kappa shape index (κ2) is 4.40. The van der Waals surface area contributed by atoms with E-state index in [0.29, 0.717) is 12.1 Å². The molecule has 7 heteroatoms. The molecule has 0 saturated heterocycles. The Morgan fingerprint density at radius 3 is 2.42 bits per heavy atom. The van der Waals surface area contributed by atoms with Gasteiger partial charge in [0, 0.05) is 22.5 Å². The minimum absolute atomic E-state index is 0.135. The lowest BCUT2D eigenvalue weighted by atomic mass is 10.1. The van der Waals surface area contributed by atoms with E-state index in [-0.39, 0.29) is 11.3 Å². The molecule has 2 aromatic rings. The summed E-state index contributed by atoms with van der Waals surface area (Å²) < 4.78 is 38.5. The van der Waals surface area contributed by atoms with Gasteiger partial charge in [0.1, 0.15) is 0 Å². The molecular formula is C12H14F3N3O. The average Bonchev–Trinajstić information content (AvgIpc) is 2.59. The van der Waals surface area contributed by atoms with Crippen molar-refractivity contribution in [1.29, 1.82) is 0 Å². The van der Waals surface area contributed by atoms with Crippen LogP contribution in [-0.2, 0) is 12.8 Å². The summed E-state index contributed by atoms with van der Waals surface area (Å²) in [5.74, 6) is 0. The van der Waals surface area contributed by atoms with Crippen molar-refractivity contribution in [3.63, 3.8) is 0 Å². The summed E-state index contributed by atoms with van der Waals surface area (Å²) in [6.45, 7) is 5.11. The van der Waals surface area contributed by atoms with Crippen LogP contribution in [0.15, 0.2) is 4.79 Å². The van der Waals surface area contributed by atoms with Crippen LogP contribution < -0.4 is 5.56 Å². The second-order valence-electron chi connectivity index (χ2n) is 4.50. The number of H-pyrrole nitrogens is 1. The molecule has 0 bridgehead atoms. The van der Waals surface area contributed by atoms with Crippen LogP contribution in [-0.4, -0.2) is 20.8 Å². The monoisotopic (exact) mass is 273 g/mol. The van der Waals surface area contributed by atoms with Gasteiger partial charge in [-0.25, -0.2) is 9.50 Å². The highest BCUT2D eigenvalue weighted by Crippen LogP contribution is 2.22. The summed E-state index contributed by atoms with van der Waals surface area (Å²) in [7, 11) is 0. The second-order valence-corrected chi connectivity index (χ2v) is 4.50. The first-order valence-electron chi connectivity index (χ1n) is 5.91. The van der Waals surface area contributed by atoms with E-state index in [1.54, 1.807) is 6.92 Å². The highest BCUT2D eigenvalue weighted by Gasteiger charge is 2.31. The molecule has 19 heavy (non-hydrogen) atoms. The number of aromatic nitrogens is 3. The van der Waals surface area contributed by atoms with Crippen molar-refractivity contribution in [2.75, 3.05) is 0 Å². The van der Waals surface area contributed by atoms with Crippen molar-refractivity contribution in [3.05, 3.63) is 32.9 Å². The molecule has 0 aliphatic rings. The maximum Gasteiger partial charge on any atom is 0.393 e. The van der Waals surface area contributed by atoms with E-state index in [1.807, 2.05) is 6.92 Å². The van der Waals surface area contributed by atoms with Gasteiger partial charge in [0.05, 0.1) is 6.42 Å². The number of hydrogen-bond donors (Lipinski definition) is 1. The van der Waals surface area contributed by atoms with Gasteiger partial charge in [-0.2, -0.15) is 13.2 Å². The molecule has 0 aliphatic heterocycles. The van der Waals surface area contributed by atoms with Gasteiger partial charge in [-0.05, 0) is 20.3 Å². The van der Waals surface area contributed by atoms with Gasteiger partial charge in [-0.1, -0.05) is 6.92 Å². The summed E-state index contributed by atoms with van der Waals surface area (Å²) >= 11 is 0. The molecule has 2 aromatic heterocycles. The number of alkyl halides is 3. The van der Waals surface area contributed by atoms with Crippen LogP contribution in [0.3, 0.4) is 0 Å². The fourth-order valence-corrected chi connectivity index (χ4v) is 2.20. The number of nitrogens with one attached hydrogen (secondary N) is 1. The number of rotatable bonds is 2. The largest absolute Gasteiger partial charge is 0.393 e. The van der Waals surface area contributed by atoms with E-state index in [4.69, 9.17) is 0 Å². The molecule has 0 amide bonds. The summed E-state index contributed by atoms with van der Waals surface area (Å²) in [6, 6.07) is 0. The predicted molar refractivity (Wildman–Crippen MR) is 64.4 cm³/mol. The first kappa shape index (κ1) is 13.6. The van der Waals surface area contributed by atoms with Gasteiger partial charge in [0.25, 0.3) is 5.56 Å². The SMILES string of the molecule is CCc1c(C)[nH]n2c(=O)c(CC(F)(F)F)c(C)nc12. The molecule has 0 radical (unpaired) electrons. The zero-order chi connectivity index (χ0) is 14.4. The smallest absolute Gasteiger partial charge is 0.294 e. The maximum atomic E-state index is 12.5. The number of nitrogens with zero attached hydrogens (tertiary/aromatic N) is 2. The van der Waals surface area contributed by atoms with Gasteiger partial charge >= 0.3 is 6.18 Å². The zero-order valence-corrected chi connectivity index (χ0v) is 10.9. The number of hydrogen-bond acceptors (Lipinski definition) is 2. The Balaban J connectivity index is 2.73. The van der Waals surface area contributed by atoms with Crippen molar-refractivity contribution in [1.82, 2.24) is 14.6 Å². The van der Waals surface area contributed by atoms with Gasteiger partial charge in [0.2, 0.25) is 0 Å². The molecule has 0 saturated carbocycles. The van der Waals surface area contributed by atoms with Crippen LogP contribution in [0, 0.1) is 13.8 Å². The fourth-order valence-electron chi connectivity index (χ4n) is 2.20. The van der Waals surface area contributed by atoms with Crippen molar-refractivity contribution < 1.29 is 13.2 Å². The number of aryl methyl sites for hydroxylation is 3. The third-order valence-electron chi connectivity index (χ3n) is 3.12. The Labute approximate surface area is 107 Å². The first-order valence-corrected chi connectivity index (χ1v) is 5.91. The maximum absolute atomic E-state index is 12.5. The van der Waals surface area contributed by atoms with Crippen LogP contribution in [0.2, 0.25) is 0 Å². The van der Waals surface area contributed by atoms with Crippen LogP contribution in [0.1, 0.15) is 29.4 Å². The first-order chi connectivity index (χ1) is 8.74. The van der Waals surface area contributed by atoms with E-state index < -0.39 is 18.2 Å². The molecule has 0 fully saturated rings. The number of aromatic amines is 1. The Kier molecular flexibility index (Phi) is 3.15. The highest BCUT2D eigenvalue weighted by atomic mass is 19.4. The summed E-state index contributed by atoms with van der Waals surface area (Å²) in [6.07, 6.45) is -5.02. The van der Waals surface area contributed by atoms with Crippen LogP contribution in [0.4, 0.5) is 13.2 Å². The normalized spacial score (nSPS) is 12.3. The molecule has 104 valence electrons. The third kappa shape index (κ3) is 2.36. The van der Waals surface area contributed by atoms with Gasteiger partial charge in [-0.15, -0.1) is 0 Å². The molecule has 2 rings (SSSR count). The Morgan fingerprint density at radius 2 is 1.89 bits per heavy atom. The summed E-state index contributed by atoms with van der Waals surface area (Å²) in [5.41, 5.74) is 1.15. The minimum Gasteiger partial charge on any atom is -0.294 e. The highest BCUT2D eigenvalue weighted by molar-refractivity contribution is 5.51. The molecule has 0 aromatic carbocycles. The molecule has 0 unspecified atom stereocenters. The quantitative estimate of drug-likeness (QED) is 0.912. The molecule has 0 atom stereocenters. The molecule has 1 N–H and O–H groups in total. The lowest BCUT2D eigenvalue weighted by molar-refractivity contribution is -0.127. The zero-order valence-electron chi connectivity index (χ0n) is 10.9. The van der Waals surface area contributed by atoms with E-state index in [2.05, 4.69) is 10.1 Å². The van der Waals surface area contributed by atoms with Gasteiger partial charge in [0.15, 0.2) is 5.65 Å². The molecule has 4 nitrogen and oxygen atoms in total. The summed E-state index contributed by atoms with van der Waals surface area (Å²) in [5, 5.41) is 2.77. The Morgan fingerprint density at radius 1 is 1.26 bits per heavy atom. The minimum atomic E-state index is -4.42. The third-order valence-corrected chi connectivity index (χ3v) is 3.12. The topological polar surface area (TPSA) is 50.2 Å². The summed E-state index contributed by atoms with van der Waals surface area (Å²) in [4.78, 5) is 16.2. The van der Waals surface area contributed by atoms with Gasteiger partial charge < -0.3 is 0 Å². The fraction of sp³-hybridized carbons (Fsp3) is 0.500. The van der Waals surface area contributed by atoms with Crippen LogP contribution in [0.25, 0.3) is 5.65 Å². The lowest BCUT2D eigenvalue weighted by Crippen LogP contribution is -2.26. The van der Waals surface area contributed by atoms with E-state index in [1.165, 1.54) is 6.92 Å². The van der Waals surface area contributed by atoms with Gasteiger partial charge in [-0.3, -0.25) is 9.89 Å². The van der Waals surface area contributed by atoms with Crippen molar-refractivity contribution >= 4 is 5.65 Å².